The highest BCUT2D eigenvalue weighted by molar-refractivity contribution is 5.97. The van der Waals surface area contributed by atoms with Crippen molar-refractivity contribution in [3.8, 4) is 17.2 Å². The first-order chi connectivity index (χ1) is 19.4. The molecule has 0 radical (unpaired) electrons. The van der Waals surface area contributed by atoms with Gasteiger partial charge in [0.05, 0.1) is 27.9 Å². The number of furan rings is 1. The van der Waals surface area contributed by atoms with Crippen LogP contribution in [-0.4, -0.2) is 62.1 Å². The minimum absolute atomic E-state index is 0.0150. The van der Waals surface area contributed by atoms with Crippen LogP contribution in [0.4, 0.5) is 0 Å². The van der Waals surface area contributed by atoms with Gasteiger partial charge in [-0.15, -0.1) is 0 Å². The molecule has 0 spiro atoms. The Bertz CT molecular complexity index is 1260. The average Bonchev–Trinajstić information content (AvgIpc) is 3.42. The number of amides is 2. The van der Waals surface area contributed by atoms with Gasteiger partial charge in [0.2, 0.25) is 5.91 Å². The van der Waals surface area contributed by atoms with E-state index >= 15 is 0 Å². The Labute approximate surface area is 236 Å². The van der Waals surface area contributed by atoms with Crippen LogP contribution in [0.1, 0.15) is 59.5 Å². The van der Waals surface area contributed by atoms with Crippen LogP contribution in [-0.2, 0) is 17.8 Å². The summed E-state index contributed by atoms with van der Waals surface area (Å²) in [4.78, 5) is 31.2. The number of hydrogen-bond donors (Lipinski definition) is 0. The molecule has 8 nitrogen and oxygen atoms in total. The summed E-state index contributed by atoms with van der Waals surface area (Å²) in [5.74, 6) is 3.26. The van der Waals surface area contributed by atoms with Gasteiger partial charge in [0.25, 0.3) is 5.91 Å². The highest BCUT2D eigenvalue weighted by atomic mass is 16.5. The lowest BCUT2D eigenvalue weighted by Crippen LogP contribution is -2.48. The second kappa shape index (κ2) is 13.9. The third-order valence-corrected chi connectivity index (χ3v) is 7.53. The van der Waals surface area contributed by atoms with Crippen LogP contribution in [0.3, 0.4) is 0 Å². The highest BCUT2D eigenvalue weighted by Gasteiger charge is 2.30. The second-order valence-corrected chi connectivity index (χ2v) is 10.2. The molecule has 3 aromatic rings. The maximum Gasteiger partial charge on any atom is 0.254 e. The monoisotopic (exact) mass is 548 g/mol. The fourth-order valence-corrected chi connectivity index (χ4v) is 5.25. The first-order valence-corrected chi connectivity index (χ1v) is 13.9. The zero-order valence-corrected chi connectivity index (χ0v) is 24.0. The largest absolute Gasteiger partial charge is 0.497 e. The van der Waals surface area contributed by atoms with Crippen molar-refractivity contribution in [2.75, 3.05) is 34.4 Å². The minimum Gasteiger partial charge on any atom is -0.497 e. The van der Waals surface area contributed by atoms with Gasteiger partial charge in [0.1, 0.15) is 23.8 Å². The standard InChI is InChI=1S/C32H40N2O6/c1-23-10-14-28(40-23)21-33(19-18-24-11-17-29(38-3)30(20-24)39-4)31(35)22-34(26-8-6-5-7-9-26)32(36)25-12-15-27(37-2)16-13-25/h10-17,20,26H,5-9,18-19,21-22H2,1-4H3. The number of carbonyl (C=O) groups is 2. The van der Waals surface area contributed by atoms with Crippen molar-refractivity contribution in [3.63, 3.8) is 0 Å². The van der Waals surface area contributed by atoms with E-state index in [4.69, 9.17) is 18.6 Å². The number of ether oxygens (including phenoxy) is 3. The summed E-state index contributed by atoms with van der Waals surface area (Å²) in [6.07, 6.45) is 5.68. The zero-order chi connectivity index (χ0) is 28.5. The fourth-order valence-electron chi connectivity index (χ4n) is 5.25. The van der Waals surface area contributed by atoms with Crippen LogP contribution in [0.5, 0.6) is 17.2 Å². The quantitative estimate of drug-likeness (QED) is 0.291. The first-order valence-electron chi connectivity index (χ1n) is 13.9. The molecular formula is C32H40N2O6. The zero-order valence-electron chi connectivity index (χ0n) is 24.0. The van der Waals surface area contributed by atoms with E-state index in [1.54, 1.807) is 55.4 Å². The van der Waals surface area contributed by atoms with Gasteiger partial charge < -0.3 is 28.4 Å². The van der Waals surface area contributed by atoms with Gasteiger partial charge in [-0.25, -0.2) is 0 Å². The summed E-state index contributed by atoms with van der Waals surface area (Å²) in [6.45, 7) is 2.69. The van der Waals surface area contributed by atoms with Gasteiger partial charge in [-0.05, 0) is 80.3 Å². The smallest absolute Gasteiger partial charge is 0.254 e. The Morgan fingerprint density at radius 1 is 0.875 bits per heavy atom. The Morgan fingerprint density at radius 2 is 1.60 bits per heavy atom. The van der Waals surface area contributed by atoms with Gasteiger partial charge in [0.15, 0.2) is 11.5 Å². The third kappa shape index (κ3) is 7.37. The van der Waals surface area contributed by atoms with Crippen LogP contribution in [0.2, 0.25) is 0 Å². The summed E-state index contributed by atoms with van der Waals surface area (Å²) < 4.78 is 21.9. The number of hydrogen-bond acceptors (Lipinski definition) is 6. The Balaban J connectivity index is 1.55. The molecule has 0 saturated heterocycles. The molecule has 0 unspecified atom stereocenters. The third-order valence-electron chi connectivity index (χ3n) is 7.53. The van der Waals surface area contributed by atoms with Crippen LogP contribution in [0.15, 0.2) is 59.0 Å². The molecule has 1 aliphatic carbocycles. The summed E-state index contributed by atoms with van der Waals surface area (Å²) in [7, 11) is 4.81. The predicted molar refractivity (Wildman–Crippen MR) is 153 cm³/mol. The fraction of sp³-hybridized carbons (Fsp3) is 0.438. The lowest BCUT2D eigenvalue weighted by Gasteiger charge is -2.35. The first kappa shape index (κ1) is 29.1. The summed E-state index contributed by atoms with van der Waals surface area (Å²) in [5, 5.41) is 0. The predicted octanol–water partition coefficient (Wildman–Crippen LogP) is 5.66. The summed E-state index contributed by atoms with van der Waals surface area (Å²) >= 11 is 0. The number of carbonyl (C=O) groups excluding carboxylic acids is 2. The van der Waals surface area contributed by atoms with Gasteiger partial charge in [0, 0.05) is 18.2 Å². The second-order valence-electron chi connectivity index (χ2n) is 10.2. The van der Waals surface area contributed by atoms with E-state index in [1.165, 1.54) is 0 Å². The van der Waals surface area contributed by atoms with E-state index in [9.17, 15) is 9.59 Å². The lowest BCUT2D eigenvalue weighted by atomic mass is 9.93. The van der Waals surface area contributed by atoms with E-state index in [-0.39, 0.29) is 24.4 Å². The van der Waals surface area contributed by atoms with Gasteiger partial charge in [-0.3, -0.25) is 9.59 Å². The molecule has 1 aliphatic rings. The van der Waals surface area contributed by atoms with Gasteiger partial charge in [-0.2, -0.15) is 0 Å². The molecule has 1 saturated carbocycles. The molecule has 0 bridgehead atoms. The van der Waals surface area contributed by atoms with Crippen molar-refractivity contribution in [1.29, 1.82) is 0 Å². The summed E-state index contributed by atoms with van der Waals surface area (Å²) in [6, 6.07) is 16.7. The molecule has 8 heteroatoms. The number of methoxy groups -OCH3 is 3. The molecule has 0 aliphatic heterocycles. The van der Waals surface area contributed by atoms with Crippen molar-refractivity contribution in [2.24, 2.45) is 0 Å². The van der Waals surface area contributed by atoms with Crippen molar-refractivity contribution in [1.82, 2.24) is 9.80 Å². The number of nitrogens with zero attached hydrogens (tertiary/aromatic N) is 2. The number of aryl methyl sites for hydroxylation is 1. The van der Waals surface area contributed by atoms with Gasteiger partial charge in [-0.1, -0.05) is 25.3 Å². The molecule has 1 fully saturated rings. The van der Waals surface area contributed by atoms with E-state index in [0.29, 0.717) is 48.1 Å². The molecule has 1 heterocycles. The van der Waals surface area contributed by atoms with Gasteiger partial charge >= 0.3 is 0 Å². The van der Waals surface area contributed by atoms with Crippen LogP contribution < -0.4 is 14.2 Å². The Hall–Kier alpha value is -3.94. The molecule has 4 rings (SSSR count). The van der Waals surface area contributed by atoms with Crippen LogP contribution in [0, 0.1) is 6.92 Å². The molecule has 2 amide bonds. The number of benzene rings is 2. The molecule has 0 atom stereocenters. The van der Waals surface area contributed by atoms with Crippen molar-refractivity contribution >= 4 is 11.8 Å². The van der Waals surface area contributed by atoms with E-state index in [2.05, 4.69) is 0 Å². The van der Waals surface area contributed by atoms with Crippen LogP contribution >= 0.6 is 0 Å². The van der Waals surface area contributed by atoms with E-state index in [0.717, 1.165) is 43.4 Å². The van der Waals surface area contributed by atoms with E-state index < -0.39 is 0 Å². The SMILES string of the molecule is COc1ccc(C(=O)N(CC(=O)N(CCc2ccc(OC)c(OC)c2)Cc2ccc(C)o2)C2CCCCC2)cc1. The van der Waals surface area contributed by atoms with Crippen molar-refractivity contribution < 1.29 is 28.2 Å². The number of rotatable bonds is 12. The maximum atomic E-state index is 13.9. The normalized spacial score (nSPS) is 13.5. The van der Waals surface area contributed by atoms with E-state index in [1.807, 2.05) is 37.3 Å². The van der Waals surface area contributed by atoms with Crippen LogP contribution in [0.25, 0.3) is 0 Å². The average molecular weight is 549 g/mol. The topological polar surface area (TPSA) is 81.5 Å². The molecule has 1 aromatic heterocycles. The summed E-state index contributed by atoms with van der Waals surface area (Å²) in [5.41, 5.74) is 1.57. The molecular weight excluding hydrogens is 508 g/mol. The molecule has 0 N–H and O–H groups in total. The molecule has 214 valence electrons. The van der Waals surface area contributed by atoms with Crippen molar-refractivity contribution in [2.45, 2.75) is 58.0 Å². The minimum atomic E-state index is -0.128. The lowest BCUT2D eigenvalue weighted by molar-refractivity contribution is -0.133. The molecule has 2 aromatic carbocycles. The highest BCUT2D eigenvalue weighted by Crippen LogP contribution is 2.28. The molecule has 40 heavy (non-hydrogen) atoms. The Kier molecular flexibility index (Phi) is 10.1. The Morgan fingerprint density at radius 3 is 2.23 bits per heavy atom. The maximum absolute atomic E-state index is 13.9. The van der Waals surface area contributed by atoms with Crippen molar-refractivity contribution in [3.05, 3.63) is 77.2 Å².